The van der Waals surface area contributed by atoms with E-state index in [1.165, 1.54) is 4.68 Å². The topological polar surface area (TPSA) is 76.4 Å². The van der Waals surface area contributed by atoms with Gasteiger partial charge in [-0.1, -0.05) is 0 Å². The summed E-state index contributed by atoms with van der Waals surface area (Å²) in [7, 11) is 0. The summed E-state index contributed by atoms with van der Waals surface area (Å²) in [5.74, 6) is 0.473. The summed E-state index contributed by atoms with van der Waals surface area (Å²) in [6.45, 7) is 2.47. The van der Waals surface area contributed by atoms with Crippen LogP contribution in [0.5, 0.6) is 0 Å². The predicted molar refractivity (Wildman–Crippen MR) is 75.3 cm³/mol. The molecule has 6 nitrogen and oxygen atoms in total. The first kappa shape index (κ1) is 14.5. The van der Waals surface area contributed by atoms with Crippen LogP contribution >= 0.6 is 15.9 Å². The van der Waals surface area contributed by atoms with Crippen molar-refractivity contribution in [2.75, 3.05) is 31.7 Å². The van der Waals surface area contributed by atoms with Crippen molar-refractivity contribution >= 4 is 21.6 Å². The first-order chi connectivity index (χ1) is 9.22. The van der Waals surface area contributed by atoms with E-state index in [0.717, 1.165) is 32.6 Å². The highest BCUT2D eigenvalue weighted by Gasteiger charge is 2.15. The van der Waals surface area contributed by atoms with Crippen molar-refractivity contribution in [3.63, 3.8) is 0 Å². The molecule has 1 aliphatic heterocycles. The third-order valence-corrected chi connectivity index (χ3v) is 3.90. The van der Waals surface area contributed by atoms with Crippen LogP contribution < -0.4 is 10.9 Å². The normalized spacial score (nSPS) is 19.4. The number of hydrogen-bond donors (Lipinski definition) is 2. The number of hydrogen-bond acceptors (Lipinski definition) is 5. The third kappa shape index (κ3) is 3.77. The molecule has 1 aromatic heterocycles. The SMILES string of the molecule is O=c1c(Br)c(NCC2CCCOC2)cnn1CCO. The molecule has 106 valence electrons. The van der Waals surface area contributed by atoms with E-state index in [1.54, 1.807) is 6.20 Å². The molecule has 0 amide bonds. The second-order valence-electron chi connectivity index (χ2n) is 4.59. The van der Waals surface area contributed by atoms with Gasteiger partial charge >= 0.3 is 0 Å². The molecule has 1 fully saturated rings. The van der Waals surface area contributed by atoms with Crippen molar-refractivity contribution in [2.45, 2.75) is 19.4 Å². The molecular formula is C12H18BrN3O3. The molecule has 0 radical (unpaired) electrons. The second-order valence-corrected chi connectivity index (χ2v) is 5.38. The number of aliphatic hydroxyl groups excluding tert-OH is 1. The van der Waals surface area contributed by atoms with Crippen LogP contribution in [0.1, 0.15) is 12.8 Å². The summed E-state index contributed by atoms with van der Waals surface area (Å²) in [6.07, 6.45) is 3.83. The summed E-state index contributed by atoms with van der Waals surface area (Å²) < 4.78 is 7.10. The average molecular weight is 332 g/mol. The molecule has 7 heteroatoms. The molecule has 0 saturated carbocycles. The fourth-order valence-corrected chi connectivity index (χ4v) is 2.51. The van der Waals surface area contributed by atoms with Crippen molar-refractivity contribution in [2.24, 2.45) is 5.92 Å². The van der Waals surface area contributed by atoms with Crippen LogP contribution in [0.25, 0.3) is 0 Å². The molecule has 1 saturated heterocycles. The number of anilines is 1. The van der Waals surface area contributed by atoms with Gasteiger partial charge < -0.3 is 15.2 Å². The quantitative estimate of drug-likeness (QED) is 0.836. The molecule has 2 rings (SSSR count). The summed E-state index contributed by atoms with van der Waals surface area (Å²) in [5, 5.41) is 16.1. The Morgan fingerprint density at radius 1 is 1.63 bits per heavy atom. The lowest BCUT2D eigenvalue weighted by atomic mass is 10.0. The van der Waals surface area contributed by atoms with E-state index in [4.69, 9.17) is 9.84 Å². The fourth-order valence-electron chi connectivity index (χ4n) is 2.06. The number of nitrogens with zero attached hydrogens (tertiary/aromatic N) is 2. The van der Waals surface area contributed by atoms with E-state index in [0.29, 0.717) is 16.1 Å². The minimum atomic E-state index is -0.237. The van der Waals surface area contributed by atoms with Crippen LogP contribution in [0.15, 0.2) is 15.5 Å². The van der Waals surface area contributed by atoms with E-state index in [2.05, 4.69) is 26.3 Å². The van der Waals surface area contributed by atoms with Crippen LogP contribution in [0.2, 0.25) is 0 Å². The standard InChI is InChI=1S/C12H18BrN3O3/c13-11-10(7-15-16(3-4-17)12(11)18)14-6-9-2-1-5-19-8-9/h7,9,14,17H,1-6,8H2. The van der Waals surface area contributed by atoms with Gasteiger partial charge in [-0.3, -0.25) is 4.79 Å². The molecule has 1 unspecified atom stereocenters. The molecule has 1 aromatic rings. The Hall–Kier alpha value is -0.920. The monoisotopic (exact) mass is 331 g/mol. The van der Waals surface area contributed by atoms with E-state index in [9.17, 15) is 4.79 Å². The molecule has 0 spiro atoms. The van der Waals surface area contributed by atoms with Crippen LogP contribution in [0, 0.1) is 5.92 Å². The Bertz CT molecular complexity index is 472. The molecule has 1 atom stereocenters. The van der Waals surface area contributed by atoms with Gasteiger partial charge in [0.1, 0.15) is 4.47 Å². The zero-order valence-electron chi connectivity index (χ0n) is 10.6. The first-order valence-electron chi connectivity index (χ1n) is 6.40. The molecule has 1 aliphatic rings. The molecule has 0 bridgehead atoms. The maximum atomic E-state index is 11.9. The zero-order chi connectivity index (χ0) is 13.7. The lowest BCUT2D eigenvalue weighted by molar-refractivity contribution is 0.0595. The van der Waals surface area contributed by atoms with Crippen molar-refractivity contribution < 1.29 is 9.84 Å². The highest BCUT2D eigenvalue weighted by Crippen LogP contribution is 2.19. The van der Waals surface area contributed by atoms with Crippen molar-refractivity contribution in [3.05, 3.63) is 21.0 Å². The molecule has 0 aliphatic carbocycles. The van der Waals surface area contributed by atoms with E-state index in [-0.39, 0.29) is 18.7 Å². The Labute approximate surface area is 119 Å². The largest absolute Gasteiger partial charge is 0.394 e. The number of aliphatic hydroxyl groups is 1. The fraction of sp³-hybridized carbons (Fsp3) is 0.667. The average Bonchev–Trinajstić information content (AvgIpc) is 2.44. The lowest BCUT2D eigenvalue weighted by Gasteiger charge is -2.22. The molecular weight excluding hydrogens is 314 g/mol. The molecule has 2 heterocycles. The lowest BCUT2D eigenvalue weighted by Crippen LogP contribution is -2.28. The highest BCUT2D eigenvalue weighted by molar-refractivity contribution is 9.10. The zero-order valence-corrected chi connectivity index (χ0v) is 12.2. The highest BCUT2D eigenvalue weighted by atomic mass is 79.9. The second kappa shape index (κ2) is 7.02. The number of nitrogens with one attached hydrogen (secondary N) is 1. The van der Waals surface area contributed by atoms with Gasteiger partial charge in [0.05, 0.1) is 31.6 Å². The molecule has 0 aromatic carbocycles. The predicted octanol–water partition coefficient (Wildman–Crippen LogP) is 0.837. The minimum Gasteiger partial charge on any atom is -0.394 e. The Morgan fingerprint density at radius 3 is 3.16 bits per heavy atom. The number of rotatable bonds is 5. The van der Waals surface area contributed by atoms with Gasteiger partial charge in [0.25, 0.3) is 5.56 Å². The summed E-state index contributed by atoms with van der Waals surface area (Å²) in [5.41, 5.74) is 0.448. The van der Waals surface area contributed by atoms with Crippen molar-refractivity contribution in [3.8, 4) is 0 Å². The maximum Gasteiger partial charge on any atom is 0.283 e. The van der Waals surface area contributed by atoms with Gasteiger partial charge in [-0.15, -0.1) is 0 Å². The summed E-state index contributed by atoms with van der Waals surface area (Å²) in [6, 6.07) is 0. The van der Waals surface area contributed by atoms with Gasteiger partial charge in [0.15, 0.2) is 0 Å². The smallest absolute Gasteiger partial charge is 0.283 e. The minimum absolute atomic E-state index is 0.106. The summed E-state index contributed by atoms with van der Waals surface area (Å²) in [4.78, 5) is 11.9. The Balaban J connectivity index is 2.00. The van der Waals surface area contributed by atoms with Gasteiger partial charge in [-0.05, 0) is 34.7 Å². The number of ether oxygens (including phenoxy) is 1. The Kier molecular flexibility index (Phi) is 5.35. The van der Waals surface area contributed by atoms with E-state index in [1.807, 2.05) is 0 Å². The van der Waals surface area contributed by atoms with Crippen LogP contribution in [0.4, 0.5) is 5.69 Å². The summed E-state index contributed by atoms with van der Waals surface area (Å²) >= 11 is 3.28. The third-order valence-electron chi connectivity index (χ3n) is 3.13. The molecule has 19 heavy (non-hydrogen) atoms. The van der Waals surface area contributed by atoms with Gasteiger partial charge in [-0.25, -0.2) is 4.68 Å². The Morgan fingerprint density at radius 2 is 2.47 bits per heavy atom. The van der Waals surface area contributed by atoms with E-state index >= 15 is 0 Å². The van der Waals surface area contributed by atoms with Crippen molar-refractivity contribution in [1.82, 2.24) is 9.78 Å². The maximum absolute atomic E-state index is 11.9. The van der Waals surface area contributed by atoms with Gasteiger partial charge in [0, 0.05) is 13.2 Å². The van der Waals surface area contributed by atoms with Gasteiger partial charge in [0.2, 0.25) is 0 Å². The number of halogens is 1. The van der Waals surface area contributed by atoms with Crippen LogP contribution in [-0.2, 0) is 11.3 Å². The van der Waals surface area contributed by atoms with Crippen LogP contribution in [-0.4, -0.2) is 41.3 Å². The van der Waals surface area contributed by atoms with Crippen LogP contribution in [0.3, 0.4) is 0 Å². The van der Waals surface area contributed by atoms with Gasteiger partial charge in [-0.2, -0.15) is 5.10 Å². The molecule has 2 N–H and O–H groups in total. The van der Waals surface area contributed by atoms with Crippen molar-refractivity contribution in [1.29, 1.82) is 0 Å². The first-order valence-corrected chi connectivity index (χ1v) is 7.19. The van der Waals surface area contributed by atoms with E-state index < -0.39 is 0 Å². The number of aromatic nitrogens is 2.